The molecule has 4 rings (SSSR count). The topological polar surface area (TPSA) is 166 Å². The van der Waals surface area contributed by atoms with E-state index in [1.165, 1.54) is 34.6 Å². The highest BCUT2D eigenvalue weighted by Crippen LogP contribution is 2.66. The van der Waals surface area contributed by atoms with E-state index in [2.05, 4.69) is 6.58 Å². The van der Waals surface area contributed by atoms with Crippen molar-refractivity contribution in [1.29, 1.82) is 0 Å². The molecule has 9 atom stereocenters. The molecule has 1 aromatic carbocycles. The summed E-state index contributed by atoms with van der Waals surface area (Å²) in [4.78, 5) is 51.9. The third-order valence-electron chi connectivity index (χ3n) is 9.74. The molecule has 0 amide bonds. The van der Waals surface area contributed by atoms with E-state index in [-0.39, 0.29) is 29.6 Å². The summed E-state index contributed by atoms with van der Waals surface area (Å²) in [5.74, 6) is -4.11. The van der Waals surface area contributed by atoms with Crippen LogP contribution in [0.1, 0.15) is 71.7 Å². The standard InChI is InChI=1S/C33H42O11/c1-16-22(37)14-24(41-18(3)34)32(8)26(16)28(42-19(4)35)33(31(6,7)40)15-23(38)17(2)25(33)27(29(32)43-20(5)36)44-30(39)21-12-10-9-11-13-21/h9-13,22-24,26-29,37-38,40H,1,14-15H2,2-8H3/t22-,23-,24-,26-,27+,28-,29-,32+,33+/m0/s1. The van der Waals surface area contributed by atoms with Gasteiger partial charge in [-0.05, 0) is 56.0 Å². The second-order valence-electron chi connectivity index (χ2n) is 12.9. The molecule has 0 heterocycles. The fourth-order valence-electron chi connectivity index (χ4n) is 7.80. The van der Waals surface area contributed by atoms with Gasteiger partial charge in [0.2, 0.25) is 0 Å². The van der Waals surface area contributed by atoms with E-state index >= 15 is 0 Å². The van der Waals surface area contributed by atoms with Crippen molar-refractivity contribution in [3.05, 3.63) is 59.2 Å². The van der Waals surface area contributed by atoms with Gasteiger partial charge in [0.05, 0.1) is 34.2 Å². The molecule has 3 aliphatic carbocycles. The zero-order valence-corrected chi connectivity index (χ0v) is 26.2. The van der Waals surface area contributed by atoms with E-state index in [0.717, 1.165) is 0 Å². The van der Waals surface area contributed by atoms with Gasteiger partial charge in [0.15, 0.2) is 12.2 Å². The third kappa shape index (κ3) is 5.35. The third-order valence-corrected chi connectivity index (χ3v) is 9.74. The summed E-state index contributed by atoms with van der Waals surface area (Å²) in [6.45, 7) is 13.9. The second-order valence-corrected chi connectivity index (χ2v) is 12.9. The predicted molar refractivity (Wildman–Crippen MR) is 156 cm³/mol. The number of rotatable bonds is 6. The number of carbonyl (C=O) groups excluding carboxylic acids is 4. The van der Waals surface area contributed by atoms with Gasteiger partial charge in [-0.1, -0.05) is 31.7 Å². The van der Waals surface area contributed by atoms with Crippen LogP contribution in [0.3, 0.4) is 0 Å². The van der Waals surface area contributed by atoms with Gasteiger partial charge in [-0.25, -0.2) is 4.79 Å². The molecule has 2 saturated carbocycles. The quantitative estimate of drug-likeness (QED) is 0.245. The van der Waals surface area contributed by atoms with Gasteiger partial charge in [-0.3, -0.25) is 14.4 Å². The Morgan fingerprint density at radius 3 is 1.95 bits per heavy atom. The van der Waals surface area contributed by atoms with Gasteiger partial charge in [0.25, 0.3) is 0 Å². The van der Waals surface area contributed by atoms with E-state index < -0.39 is 82.8 Å². The lowest BCUT2D eigenvalue weighted by Crippen LogP contribution is -2.63. The van der Waals surface area contributed by atoms with Crippen molar-refractivity contribution in [3.8, 4) is 0 Å². The van der Waals surface area contributed by atoms with E-state index in [9.17, 15) is 34.5 Å². The molecule has 3 N–H and O–H groups in total. The van der Waals surface area contributed by atoms with Crippen LogP contribution >= 0.6 is 0 Å². The van der Waals surface area contributed by atoms with Crippen LogP contribution < -0.4 is 0 Å². The number of fused-ring (bicyclic) bond motifs is 2. The number of benzene rings is 1. The molecule has 0 radical (unpaired) electrons. The summed E-state index contributed by atoms with van der Waals surface area (Å²) < 4.78 is 24.1. The fourth-order valence-corrected chi connectivity index (χ4v) is 7.80. The van der Waals surface area contributed by atoms with Crippen LogP contribution in [0, 0.1) is 16.7 Å². The Hall–Kier alpha value is -3.54. The first-order valence-corrected chi connectivity index (χ1v) is 14.6. The lowest BCUT2D eigenvalue weighted by Gasteiger charge is -2.55. The van der Waals surface area contributed by atoms with Gasteiger partial charge >= 0.3 is 23.9 Å². The van der Waals surface area contributed by atoms with E-state index in [1.807, 2.05) is 0 Å². The molecule has 240 valence electrons. The smallest absolute Gasteiger partial charge is 0.338 e. The molecule has 0 unspecified atom stereocenters. The Morgan fingerprint density at radius 2 is 1.43 bits per heavy atom. The highest BCUT2D eigenvalue weighted by atomic mass is 16.6. The predicted octanol–water partition coefficient (Wildman–Crippen LogP) is 2.80. The average Bonchev–Trinajstić information content (AvgIpc) is 3.15. The van der Waals surface area contributed by atoms with Crippen molar-refractivity contribution in [1.82, 2.24) is 0 Å². The Kier molecular flexibility index (Phi) is 8.91. The molecular weight excluding hydrogens is 572 g/mol. The Labute approximate surface area is 256 Å². The number of esters is 4. The molecule has 0 spiro atoms. The highest BCUT2D eigenvalue weighted by Gasteiger charge is 2.73. The first-order valence-electron chi connectivity index (χ1n) is 14.6. The van der Waals surface area contributed by atoms with Crippen LogP contribution in [-0.4, -0.2) is 81.4 Å². The summed E-state index contributed by atoms with van der Waals surface area (Å²) in [5, 5.41) is 34.7. The molecule has 2 fully saturated rings. The molecule has 11 heteroatoms. The SMILES string of the molecule is C=C1[C@@H](O)C[C@H](OC(C)=O)[C@@]2(C)[C@@H](OC(C)=O)[C@H](OC(=O)c3ccccc3)C3=C(C)[C@@H](O)C[C@]3(C(C)(C)O)[C@@H](OC(C)=O)[C@H]12. The van der Waals surface area contributed by atoms with Crippen molar-refractivity contribution in [2.24, 2.45) is 16.7 Å². The summed E-state index contributed by atoms with van der Waals surface area (Å²) >= 11 is 0. The summed E-state index contributed by atoms with van der Waals surface area (Å²) in [7, 11) is 0. The van der Waals surface area contributed by atoms with Crippen molar-refractivity contribution < 1.29 is 53.4 Å². The maximum atomic E-state index is 13.7. The first-order chi connectivity index (χ1) is 20.4. The van der Waals surface area contributed by atoms with Gasteiger partial charge in [0.1, 0.15) is 12.2 Å². The Morgan fingerprint density at radius 1 is 0.886 bits per heavy atom. The van der Waals surface area contributed by atoms with E-state index in [1.54, 1.807) is 44.2 Å². The Balaban J connectivity index is 2.16. The lowest BCUT2D eigenvalue weighted by atomic mass is 9.54. The normalized spacial score (nSPS) is 35.1. The molecule has 11 nitrogen and oxygen atoms in total. The molecule has 0 bridgehead atoms. The van der Waals surface area contributed by atoms with E-state index in [0.29, 0.717) is 5.57 Å². The molecule has 44 heavy (non-hydrogen) atoms. The summed E-state index contributed by atoms with van der Waals surface area (Å²) in [5.41, 5.74) is -4.09. The molecule has 3 aliphatic rings. The van der Waals surface area contributed by atoms with Crippen molar-refractivity contribution in [3.63, 3.8) is 0 Å². The highest BCUT2D eigenvalue weighted by molar-refractivity contribution is 5.89. The van der Waals surface area contributed by atoms with E-state index in [4.69, 9.17) is 18.9 Å². The van der Waals surface area contributed by atoms with Crippen LogP contribution in [0.15, 0.2) is 53.6 Å². The monoisotopic (exact) mass is 614 g/mol. The van der Waals surface area contributed by atoms with Crippen molar-refractivity contribution in [2.45, 2.75) is 104 Å². The van der Waals surface area contributed by atoms with Crippen LogP contribution in [-0.2, 0) is 33.3 Å². The zero-order valence-electron chi connectivity index (χ0n) is 26.2. The number of ether oxygens (including phenoxy) is 4. The maximum Gasteiger partial charge on any atom is 0.338 e. The van der Waals surface area contributed by atoms with Gasteiger partial charge in [-0.15, -0.1) is 0 Å². The first kappa shape index (κ1) is 33.4. The average molecular weight is 615 g/mol. The van der Waals surface area contributed by atoms with Crippen LogP contribution in [0.5, 0.6) is 0 Å². The van der Waals surface area contributed by atoms with Gasteiger partial charge in [-0.2, -0.15) is 0 Å². The maximum absolute atomic E-state index is 13.7. The number of aliphatic hydroxyl groups is 3. The molecule has 0 aliphatic heterocycles. The largest absolute Gasteiger partial charge is 0.462 e. The van der Waals surface area contributed by atoms with Crippen molar-refractivity contribution in [2.75, 3.05) is 0 Å². The van der Waals surface area contributed by atoms with Crippen LogP contribution in [0.2, 0.25) is 0 Å². The number of carbonyl (C=O) groups is 4. The number of hydrogen-bond acceptors (Lipinski definition) is 11. The second kappa shape index (κ2) is 11.8. The van der Waals surface area contributed by atoms with Gasteiger partial charge < -0.3 is 34.3 Å². The van der Waals surface area contributed by atoms with Crippen molar-refractivity contribution >= 4 is 23.9 Å². The minimum Gasteiger partial charge on any atom is -0.462 e. The number of hydrogen-bond donors (Lipinski definition) is 3. The minimum atomic E-state index is -1.77. The summed E-state index contributed by atoms with van der Waals surface area (Å²) in [6, 6.07) is 8.10. The molecule has 0 aromatic heterocycles. The lowest BCUT2D eigenvalue weighted by molar-refractivity contribution is -0.214. The minimum absolute atomic E-state index is 0.147. The molecule has 0 saturated heterocycles. The molecule has 1 aromatic rings. The summed E-state index contributed by atoms with van der Waals surface area (Å²) in [6.07, 6.45) is -8.16. The van der Waals surface area contributed by atoms with Crippen LogP contribution in [0.4, 0.5) is 0 Å². The number of aliphatic hydroxyl groups excluding tert-OH is 2. The Bertz CT molecular complexity index is 1380. The van der Waals surface area contributed by atoms with Crippen LogP contribution in [0.25, 0.3) is 0 Å². The molecular formula is C33H42O11. The zero-order chi connectivity index (χ0) is 32.9. The van der Waals surface area contributed by atoms with Gasteiger partial charge in [0, 0.05) is 33.1 Å². The fraction of sp³-hybridized carbons (Fsp3) is 0.576.